The number of aromatic nitrogens is 2. The third-order valence-electron chi connectivity index (χ3n) is 6.61. The molecule has 0 fully saturated rings. The van der Waals surface area contributed by atoms with Gasteiger partial charge in [-0.1, -0.05) is 42.5 Å². The van der Waals surface area contributed by atoms with Crippen molar-refractivity contribution in [3.05, 3.63) is 107 Å². The van der Waals surface area contributed by atoms with Crippen LogP contribution in [0.1, 0.15) is 45.3 Å². The van der Waals surface area contributed by atoms with Crippen LogP contribution in [0.4, 0.5) is 0 Å². The molecule has 2 heterocycles. The first kappa shape index (κ1) is 16.0. The second-order valence-electron chi connectivity index (χ2n) is 8.31. The Kier molecular flexibility index (Phi) is 3.58. The fourth-order valence-corrected chi connectivity index (χ4v) is 5.09. The average molecular weight is 362 g/mol. The van der Waals surface area contributed by atoms with Crippen LogP contribution in [0.15, 0.2) is 73.1 Å². The largest absolute Gasteiger partial charge is 0.261 e. The molecule has 0 saturated carbocycles. The van der Waals surface area contributed by atoms with Crippen molar-refractivity contribution in [2.45, 2.75) is 37.5 Å². The highest BCUT2D eigenvalue weighted by molar-refractivity contribution is 5.78. The maximum atomic E-state index is 4.69. The van der Waals surface area contributed by atoms with Crippen molar-refractivity contribution in [3.63, 3.8) is 0 Å². The van der Waals surface area contributed by atoms with E-state index in [1.54, 1.807) is 0 Å². The first-order chi connectivity index (χ1) is 13.8. The van der Waals surface area contributed by atoms with Crippen LogP contribution >= 0.6 is 0 Å². The third-order valence-corrected chi connectivity index (χ3v) is 6.61. The Labute approximate surface area is 165 Å². The van der Waals surface area contributed by atoms with E-state index in [0.717, 1.165) is 31.2 Å². The van der Waals surface area contributed by atoms with Crippen LogP contribution in [0.5, 0.6) is 0 Å². The fourth-order valence-electron chi connectivity index (χ4n) is 5.09. The van der Waals surface area contributed by atoms with Crippen molar-refractivity contribution in [1.82, 2.24) is 9.97 Å². The van der Waals surface area contributed by atoms with E-state index < -0.39 is 0 Å². The molecule has 2 heteroatoms. The van der Waals surface area contributed by atoms with Gasteiger partial charge >= 0.3 is 0 Å². The molecular formula is C26H22N2. The summed E-state index contributed by atoms with van der Waals surface area (Å²) >= 11 is 0. The maximum Gasteiger partial charge on any atom is 0.0702 e. The van der Waals surface area contributed by atoms with Gasteiger partial charge in [0.25, 0.3) is 0 Å². The number of benzene rings is 2. The summed E-state index contributed by atoms with van der Waals surface area (Å²) in [5, 5.41) is 1.24. The van der Waals surface area contributed by atoms with Crippen LogP contribution in [-0.4, -0.2) is 9.97 Å². The zero-order chi connectivity index (χ0) is 18.5. The molecule has 2 unspecified atom stereocenters. The Hall–Kier alpha value is -3.00. The van der Waals surface area contributed by atoms with Gasteiger partial charge in [0, 0.05) is 23.5 Å². The van der Waals surface area contributed by atoms with Gasteiger partial charge in [-0.25, -0.2) is 0 Å². The highest BCUT2D eigenvalue weighted by Gasteiger charge is 2.27. The molecule has 2 aromatic heterocycles. The van der Waals surface area contributed by atoms with Gasteiger partial charge in [-0.05, 0) is 83.5 Å². The fraction of sp³-hybridized carbons (Fsp3) is 0.231. The highest BCUT2D eigenvalue weighted by atomic mass is 14.7. The van der Waals surface area contributed by atoms with Gasteiger partial charge < -0.3 is 0 Å². The van der Waals surface area contributed by atoms with E-state index in [-0.39, 0.29) is 0 Å². The molecule has 0 aliphatic heterocycles. The molecule has 2 atom stereocenters. The van der Waals surface area contributed by atoms with E-state index in [2.05, 4.69) is 76.8 Å². The van der Waals surface area contributed by atoms with E-state index in [4.69, 9.17) is 0 Å². The van der Waals surface area contributed by atoms with Crippen LogP contribution < -0.4 is 0 Å². The summed E-state index contributed by atoms with van der Waals surface area (Å²) in [6.45, 7) is 0. The van der Waals surface area contributed by atoms with Crippen molar-refractivity contribution < 1.29 is 0 Å². The van der Waals surface area contributed by atoms with Crippen molar-refractivity contribution in [1.29, 1.82) is 0 Å². The van der Waals surface area contributed by atoms with E-state index in [9.17, 15) is 0 Å². The molecule has 4 aromatic rings. The summed E-state index contributed by atoms with van der Waals surface area (Å²) < 4.78 is 0. The number of rotatable bonds is 2. The molecule has 136 valence electrons. The molecule has 0 radical (unpaired) electrons. The first-order valence-electron chi connectivity index (χ1n) is 10.2. The molecule has 2 aromatic carbocycles. The monoisotopic (exact) mass is 362 g/mol. The predicted octanol–water partition coefficient (Wildman–Crippen LogP) is 5.39. The van der Waals surface area contributed by atoms with Crippen LogP contribution in [-0.2, 0) is 25.7 Å². The Balaban J connectivity index is 1.27. The topological polar surface area (TPSA) is 25.8 Å². The van der Waals surface area contributed by atoms with Crippen molar-refractivity contribution in [2.75, 3.05) is 0 Å². The number of para-hydroxylation sites is 1. The number of pyridine rings is 2. The van der Waals surface area contributed by atoms with Gasteiger partial charge in [0.2, 0.25) is 0 Å². The number of nitrogens with zero attached hydrogens (tertiary/aromatic N) is 2. The standard InChI is InChI=1S/C26H22N2/c1-2-6-25-19(4-1)13-24(16-28-25)22-11-17-7-8-18(10-21(17)14-22)23-12-20-5-3-9-27-26(20)15-23/h1-10,13,16,22-23H,11-12,14-15H2. The lowest BCUT2D eigenvalue weighted by Gasteiger charge is -2.11. The van der Waals surface area contributed by atoms with Gasteiger partial charge in [0.15, 0.2) is 0 Å². The molecule has 0 spiro atoms. The summed E-state index contributed by atoms with van der Waals surface area (Å²) in [5.41, 5.74) is 9.68. The van der Waals surface area contributed by atoms with Crippen LogP contribution in [0.2, 0.25) is 0 Å². The highest BCUT2D eigenvalue weighted by Crippen LogP contribution is 2.38. The molecule has 2 aliphatic rings. The van der Waals surface area contributed by atoms with E-state index >= 15 is 0 Å². The second-order valence-corrected chi connectivity index (χ2v) is 8.31. The van der Waals surface area contributed by atoms with Crippen LogP contribution in [0, 0.1) is 0 Å². The third kappa shape index (κ3) is 2.63. The normalized spacial score (nSPS) is 20.3. The molecule has 2 nitrogen and oxygen atoms in total. The Bertz CT molecular complexity index is 1170. The van der Waals surface area contributed by atoms with Gasteiger partial charge in [-0.15, -0.1) is 0 Å². The Morgan fingerprint density at radius 1 is 0.643 bits per heavy atom. The Morgan fingerprint density at radius 2 is 1.50 bits per heavy atom. The summed E-state index contributed by atoms with van der Waals surface area (Å²) in [6, 6.07) is 22.2. The lowest BCUT2D eigenvalue weighted by molar-refractivity contribution is 0.730. The molecule has 28 heavy (non-hydrogen) atoms. The van der Waals surface area contributed by atoms with Gasteiger partial charge in [-0.2, -0.15) is 0 Å². The Morgan fingerprint density at radius 3 is 2.46 bits per heavy atom. The quantitative estimate of drug-likeness (QED) is 0.477. The van der Waals surface area contributed by atoms with Gasteiger partial charge in [0.1, 0.15) is 0 Å². The van der Waals surface area contributed by atoms with Gasteiger partial charge in [0.05, 0.1) is 5.52 Å². The van der Waals surface area contributed by atoms with E-state index in [0.29, 0.717) is 11.8 Å². The van der Waals surface area contributed by atoms with Crippen LogP contribution in [0.25, 0.3) is 10.9 Å². The van der Waals surface area contributed by atoms with Crippen LogP contribution in [0.3, 0.4) is 0 Å². The lowest BCUT2D eigenvalue weighted by atomic mass is 9.93. The van der Waals surface area contributed by atoms with E-state index in [1.807, 2.05) is 6.20 Å². The summed E-state index contributed by atoms with van der Waals surface area (Å²) in [7, 11) is 0. The lowest BCUT2D eigenvalue weighted by Crippen LogP contribution is -2.00. The summed E-state index contributed by atoms with van der Waals surface area (Å²) in [5.74, 6) is 1.13. The van der Waals surface area contributed by atoms with Crippen molar-refractivity contribution in [3.8, 4) is 0 Å². The van der Waals surface area contributed by atoms with Crippen molar-refractivity contribution in [2.24, 2.45) is 0 Å². The summed E-state index contributed by atoms with van der Waals surface area (Å²) in [6.07, 6.45) is 8.46. The van der Waals surface area contributed by atoms with Gasteiger partial charge in [-0.3, -0.25) is 9.97 Å². The zero-order valence-electron chi connectivity index (χ0n) is 15.8. The number of hydrogen-bond donors (Lipinski definition) is 0. The zero-order valence-corrected chi connectivity index (χ0v) is 15.8. The SMILES string of the molecule is c1cnc2c(c1)CC(c1ccc3c(c1)CC(c1cnc4ccccc4c1)C3)C2. The molecule has 0 amide bonds. The van der Waals surface area contributed by atoms with E-state index in [1.165, 1.54) is 38.9 Å². The average Bonchev–Trinajstić information content (AvgIpc) is 3.37. The maximum absolute atomic E-state index is 4.69. The first-order valence-corrected chi connectivity index (χ1v) is 10.2. The summed E-state index contributed by atoms with van der Waals surface area (Å²) in [4.78, 5) is 9.26. The molecule has 6 rings (SSSR count). The smallest absolute Gasteiger partial charge is 0.0702 e. The number of fused-ring (bicyclic) bond motifs is 3. The minimum absolute atomic E-state index is 0.546. The predicted molar refractivity (Wildman–Crippen MR) is 113 cm³/mol. The minimum Gasteiger partial charge on any atom is -0.261 e. The minimum atomic E-state index is 0.546. The number of hydrogen-bond acceptors (Lipinski definition) is 2. The second kappa shape index (κ2) is 6.27. The molecule has 2 aliphatic carbocycles. The molecule has 0 saturated heterocycles. The molecule has 0 N–H and O–H groups in total. The molecular weight excluding hydrogens is 340 g/mol. The van der Waals surface area contributed by atoms with Crippen molar-refractivity contribution >= 4 is 10.9 Å². The molecule has 0 bridgehead atoms.